The largest absolute Gasteiger partial charge is 0.387 e. The Labute approximate surface area is 102 Å². The van der Waals surface area contributed by atoms with Gasteiger partial charge in [0, 0.05) is 17.6 Å². The van der Waals surface area contributed by atoms with Gasteiger partial charge >= 0.3 is 0 Å². The number of hydrogen-bond acceptors (Lipinski definition) is 5. The number of nitrogens with two attached hydrogens (primary N) is 1. The monoisotopic (exact) mass is 248 g/mol. The van der Waals surface area contributed by atoms with Crippen LogP contribution >= 0.6 is 11.8 Å². The van der Waals surface area contributed by atoms with Gasteiger partial charge in [0.05, 0.1) is 11.1 Å². The van der Waals surface area contributed by atoms with Gasteiger partial charge in [-0.3, -0.25) is 9.78 Å². The molecule has 0 saturated heterocycles. The molecule has 0 spiro atoms. The summed E-state index contributed by atoms with van der Waals surface area (Å²) in [5.41, 5.74) is 6.13. The van der Waals surface area contributed by atoms with Gasteiger partial charge in [-0.05, 0) is 12.1 Å². The summed E-state index contributed by atoms with van der Waals surface area (Å²) in [7, 11) is 1.84. The Hall–Kier alpha value is -1.95. The van der Waals surface area contributed by atoms with Crippen molar-refractivity contribution in [2.45, 2.75) is 9.79 Å². The SMILES string of the molecule is CNc1ccccc1Sc1cnc(N)[nH]c1=O. The second-order valence-corrected chi connectivity index (χ2v) is 4.39. The molecule has 2 rings (SSSR count). The first-order valence-electron chi connectivity index (χ1n) is 5.00. The standard InChI is InChI=1S/C11H12N4OS/c1-13-7-4-2-3-5-8(7)17-9-6-14-11(12)15-10(9)16/h2-6,13H,1H3,(H3,12,14,15,16). The third kappa shape index (κ3) is 2.59. The lowest BCUT2D eigenvalue weighted by Crippen LogP contribution is -2.12. The first-order chi connectivity index (χ1) is 8.20. The topological polar surface area (TPSA) is 83.8 Å². The van der Waals surface area contributed by atoms with Gasteiger partial charge in [-0.25, -0.2) is 4.98 Å². The zero-order valence-electron chi connectivity index (χ0n) is 9.23. The Bertz CT molecular complexity index is 582. The Kier molecular flexibility index (Phi) is 3.34. The molecule has 0 atom stereocenters. The van der Waals surface area contributed by atoms with Gasteiger partial charge in [-0.15, -0.1) is 0 Å². The van der Waals surface area contributed by atoms with E-state index in [2.05, 4.69) is 15.3 Å². The number of aromatic nitrogens is 2. The van der Waals surface area contributed by atoms with Crippen molar-refractivity contribution in [1.29, 1.82) is 0 Å². The number of aromatic amines is 1. The summed E-state index contributed by atoms with van der Waals surface area (Å²) >= 11 is 1.35. The highest BCUT2D eigenvalue weighted by molar-refractivity contribution is 7.99. The Morgan fingerprint density at radius 3 is 2.82 bits per heavy atom. The van der Waals surface area contributed by atoms with E-state index in [1.54, 1.807) is 0 Å². The summed E-state index contributed by atoms with van der Waals surface area (Å²) in [5, 5.41) is 3.07. The minimum absolute atomic E-state index is 0.126. The van der Waals surface area contributed by atoms with E-state index in [1.807, 2.05) is 31.3 Å². The van der Waals surface area contributed by atoms with Crippen molar-refractivity contribution >= 4 is 23.4 Å². The lowest BCUT2D eigenvalue weighted by molar-refractivity contribution is 1.06. The number of H-pyrrole nitrogens is 1. The van der Waals surface area contributed by atoms with Gasteiger partial charge < -0.3 is 11.1 Å². The van der Waals surface area contributed by atoms with Crippen LogP contribution in [0.15, 0.2) is 45.0 Å². The average Bonchev–Trinajstić information content (AvgIpc) is 2.33. The molecule has 0 radical (unpaired) electrons. The number of nitrogens with zero attached hydrogens (tertiary/aromatic N) is 1. The predicted octanol–water partition coefficient (Wildman–Crippen LogP) is 1.54. The van der Waals surface area contributed by atoms with E-state index in [4.69, 9.17) is 5.73 Å². The number of nitrogens with one attached hydrogen (secondary N) is 2. The van der Waals surface area contributed by atoms with Crippen molar-refractivity contribution in [1.82, 2.24) is 9.97 Å². The van der Waals surface area contributed by atoms with Crippen LogP contribution in [0.25, 0.3) is 0 Å². The molecule has 17 heavy (non-hydrogen) atoms. The molecule has 2 aromatic rings. The number of anilines is 2. The minimum Gasteiger partial charge on any atom is -0.387 e. The zero-order valence-corrected chi connectivity index (χ0v) is 10.0. The number of rotatable bonds is 3. The third-order valence-electron chi connectivity index (χ3n) is 2.16. The van der Waals surface area contributed by atoms with Crippen LogP contribution in [0.5, 0.6) is 0 Å². The maximum absolute atomic E-state index is 11.6. The Morgan fingerprint density at radius 2 is 2.12 bits per heavy atom. The van der Waals surface area contributed by atoms with Crippen LogP contribution in [0.1, 0.15) is 0 Å². The predicted molar refractivity (Wildman–Crippen MR) is 69.4 cm³/mol. The van der Waals surface area contributed by atoms with Crippen LogP contribution < -0.4 is 16.6 Å². The van der Waals surface area contributed by atoms with E-state index in [0.717, 1.165) is 10.6 Å². The van der Waals surface area contributed by atoms with Crippen LogP contribution in [-0.2, 0) is 0 Å². The van der Waals surface area contributed by atoms with Crippen molar-refractivity contribution in [3.05, 3.63) is 40.8 Å². The Balaban J connectivity index is 2.35. The van der Waals surface area contributed by atoms with E-state index >= 15 is 0 Å². The first kappa shape index (κ1) is 11.5. The van der Waals surface area contributed by atoms with E-state index in [1.165, 1.54) is 18.0 Å². The van der Waals surface area contributed by atoms with Gasteiger partial charge in [0.25, 0.3) is 5.56 Å². The van der Waals surface area contributed by atoms with Crippen molar-refractivity contribution in [2.75, 3.05) is 18.1 Å². The molecule has 6 heteroatoms. The summed E-state index contributed by atoms with van der Waals surface area (Å²) in [6.45, 7) is 0. The summed E-state index contributed by atoms with van der Waals surface area (Å²) in [5.74, 6) is 0.126. The van der Waals surface area contributed by atoms with Crippen LogP contribution in [0.2, 0.25) is 0 Å². The first-order valence-corrected chi connectivity index (χ1v) is 5.82. The molecule has 5 nitrogen and oxygen atoms in total. The quantitative estimate of drug-likeness (QED) is 0.767. The normalized spacial score (nSPS) is 10.2. The molecule has 0 aliphatic rings. The van der Waals surface area contributed by atoms with E-state index in [-0.39, 0.29) is 11.5 Å². The highest BCUT2D eigenvalue weighted by atomic mass is 32.2. The van der Waals surface area contributed by atoms with Crippen molar-refractivity contribution in [2.24, 2.45) is 0 Å². The van der Waals surface area contributed by atoms with Crippen LogP contribution in [0.4, 0.5) is 11.6 Å². The smallest absolute Gasteiger partial charge is 0.266 e. The highest BCUT2D eigenvalue weighted by Crippen LogP contribution is 2.30. The molecule has 0 bridgehead atoms. The fourth-order valence-corrected chi connectivity index (χ4v) is 2.26. The summed E-state index contributed by atoms with van der Waals surface area (Å²) in [6.07, 6.45) is 1.48. The van der Waals surface area contributed by atoms with Gasteiger partial charge in [-0.1, -0.05) is 23.9 Å². The molecule has 1 heterocycles. The molecular weight excluding hydrogens is 236 g/mol. The second kappa shape index (κ2) is 4.92. The second-order valence-electron chi connectivity index (χ2n) is 3.31. The van der Waals surface area contributed by atoms with Gasteiger partial charge in [-0.2, -0.15) is 0 Å². The molecule has 88 valence electrons. The van der Waals surface area contributed by atoms with Gasteiger partial charge in [0.1, 0.15) is 0 Å². The molecule has 0 saturated carbocycles. The number of para-hydroxylation sites is 1. The van der Waals surface area contributed by atoms with Crippen LogP contribution in [-0.4, -0.2) is 17.0 Å². The van der Waals surface area contributed by atoms with E-state index in [0.29, 0.717) is 4.90 Å². The molecule has 0 amide bonds. The lowest BCUT2D eigenvalue weighted by atomic mass is 10.3. The highest BCUT2D eigenvalue weighted by Gasteiger charge is 2.06. The molecule has 4 N–H and O–H groups in total. The fraction of sp³-hybridized carbons (Fsp3) is 0.0909. The Morgan fingerprint density at radius 1 is 1.35 bits per heavy atom. The number of hydrogen-bond donors (Lipinski definition) is 3. The summed E-state index contributed by atoms with van der Waals surface area (Å²) in [4.78, 5) is 19.4. The number of benzene rings is 1. The van der Waals surface area contributed by atoms with E-state index < -0.39 is 0 Å². The number of nitrogen functional groups attached to an aromatic ring is 1. The summed E-state index contributed by atoms with van der Waals surface area (Å²) < 4.78 is 0. The lowest BCUT2D eigenvalue weighted by Gasteiger charge is -2.07. The van der Waals surface area contributed by atoms with Crippen LogP contribution in [0, 0.1) is 0 Å². The zero-order chi connectivity index (χ0) is 12.3. The minimum atomic E-state index is -0.228. The van der Waals surface area contributed by atoms with Gasteiger partial charge in [0.2, 0.25) is 0 Å². The summed E-state index contributed by atoms with van der Waals surface area (Å²) in [6, 6.07) is 7.73. The van der Waals surface area contributed by atoms with Gasteiger partial charge in [0.15, 0.2) is 5.95 Å². The van der Waals surface area contributed by atoms with Crippen molar-refractivity contribution in [3.63, 3.8) is 0 Å². The molecule has 0 aliphatic carbocycles. The third-order valence-corrected chi connectivity index (χ3v) is 3.25. The maximum Gasteiger partial charge on any atom is 0.266 e. The molecule has 0 fully saturated rings. The van der Waals surface area contributed by atoms with E-state index in [9.17, 15) is 4.79 Å². The van der Waals surface area contributed by atoms with Crippen LogP contribution in [0.3, 0.4) is 0 Å². The van der Waals surface area contributed by atoms with Crippen molar-refractivity contribution in [3.8, 4) is 0 Å². The molecule has 1 aromatic carbocycles. The molecule has 1 aromatic heterocycles. The van der Waals surface area contributed by atoms with Crippen molar-refractivity contribution < 1.29 is 0 Å². The average molecular weight is 248 g/mol. The maximum atomic E-state index is 11.6. The molecule has 0 unspecified atom stereocenters. The molecule has 0 aliphatic heterocycles. The fourth-order valence-electron chi connectivity index (χ4n) is 1.35. The molecular formula is C11H12N4OS.